The van der Waals surface area contributed by atoms with Gasteiger partial charge < -0.3 is 24.8 Å². The second-order valence-corrected chi connectivity index (χ2v) is 7.95. The summed E-state index contributed by atoms with van der Waals surface area (Å²) in [5, 5.41) is 6.98. The van der Waals surface area contributed by atoms with E-state index in [0.717, 1.165) is 56.4 Å². The number of methoxy groups -OCH3 is 2. The third kappa shape index (κ3) is 5.70. The summed E-state index contributed by atoms with van der Waals surface area (Å²) in [6.07, 6.45) is 2.00. The van der Waals surface area contributed by atoms with Crippen LogP contribution < -0.4 is 20.1 Å². The molecule has 0 atom stereocenters. The van der Waals surface area contributed by atoms with E-state index in [2.05, 4.69) is 48.7 Å². The van der Waals surface area contributed by atoms with Gasteiger partial charge in [-0.15, -0.1) is 0 Å². The molecule has 0 radical (unpaired) electrons. The van der Waals surface area contributed by atoms with Gasteiger partial charge in [0.2, 0.25) is 0 Å². The molecule has 2 N–H and O–H groups in total. The molecule has 3 rings (SSSR count). The zero-order chi connectivity index (χ0) is 22.1. The smallest absolute Gasteiger partial charge is 0.191 e. The molecule has 1 saturated heterocycles. The first-order valence-corrected chi connectivity index (χ1v) is 11.0. The number of nitrogens with one attached hydrogen (secondary N) is 2. The lowest BCUT2D eigenvalue weighted by Crippen LogP contribution is -2.48. The number of hydrogen-bond acceptors (Lipinski definition) is 4. The van der Waals surface area contributed by atoms with Gasteiger partial charge in [-0.05, 0) is 55.5 Å². The number of ether oxygens (including phenoxy) is 3. The molecule has 6 nitrogen and oxygen atoms in total. The van der Waals surface area contributed by atoms with Crippen molar-refractivity contribution in [1.29, 1.82) is 0 Å². The fourth-order valence-corrected chi connectivity index (χ4v) is 4.22. The maximum atomic E-state index is 5.69. The molecule has 0 amide bonds. The zero-order valence-corrected chi connectivity index (χ0v) is 19.2. The first kappa shape index (κ1) is 22.9. The molecule has 1 aliphatic heterocycles. The fraction of sp³-hybridized carbons (Fsp3) is 0.480. The Hall–Kier alpha value is -2.73. The van der Waals surface area contributed by atoms with Crippen LogP contribution in [0.1, 0.15) is 36.5 Å². The van der Waals surface area contributed by atoms with Crippen LogP contribution in [0.25, 0.3) is 0 Å². The van der Waals surface area contributed by atoms with E-state index in [4.69, 9.17) is 19.2 Å². The van der Waals surface area contributed by atoms with E-state index in [-0.39, 0.29) is 5.41 Å². The SMILES string of the molecule is CCNC(=NCc1ccc(OC)c(OC)c1)NCC1(c2ccccc2C)CCOCC1. The zero-order valence-electron chi connectivity index (χ0n) is 19.2. The van der Waals surface area contributed by atoms with Gasteiger partial charge in [0.05, 0.1) is 20.8 Å². The van der Waals surface area contributed by atoms with Gasteiger partial charge in [-0.2, -0.15) is 0 Å². The maximum Gasteiger partial charge on any atom is 0.191 e. The Bertz CT molecular complexity index is 876. The average Bonchev–Trinajstić information content (AvgIpc) is 2.81. The first-order valence-electron chi connectivity index (χ1n) is 11.0. The van der Waals surface area contributed by atoms with Gasteiger partial charge >= 0.3 is 0 Å². The molecule has 1 heterocycles. The van der Waals surface area contributed by atoms with E-state index in [9.17, 15) is 0 Å². The fourth-order valence-electron chi connectivity index (χ4n) is 4.22. The van der Waals surface area contributed by atoms with Crippen LogP contribution in [-0.4, -0.2) is 46.5 Å². The second-order valence-electron chi connectivity index (χ2n) is 7.95. The van der Waals surface area contributed by atoms with Crippen molar-refractivity contribution in [3.05, 3.63) is 59.2 Å². The van der Waals surface area contributed by atoms with Crippen molar-refractivity contribution < 1.29 is 14.2 Å². The van der Waals surface area contributed by atoms with Crippen molar-refractivity contribution in [3.8, 4) is 11.5 Å². The first-order chi connectivity index (χ1) is 15.1. The standard InChI is InChI=1S/C25H35N3O3/c1-5-26-24(27-17-20-10-11-22(29-3)23(16-20)30-4)28-18-25(12-14-31-15-13-25)21-9-7-6-8-19(21)2/h6-11,16H,5,12-15,17-18H2,1-4H3,(H2,26,27,28). The quantitative estimate of drug-likeness (QED) is 0.497. The molecule has 0 bridgehead atoms. The van der Waals surface area contributed by atoms with Crippen LogP contribution in [0.3, 0.4) is 0 Å². The van der Waals surface area contributed by atoms with E-state index in [0.29, 0.717) is 12.3 Å². The molecule has 0 aliphatic carbocycles. The number of benzene rings is 2. The Kier molecular flexibility index (Phi) is 8.18. The Morgan fingerprint density at radius 2 is 1.77 bits per heavy atom. The molecule has 1 fully saturated rings. The van der Waals surface area contributed by atoms with Crippen molar-refractivity contribution in [2.45, 2.75) is 38.6 Å². The predicted octanol–water partition coefficient (Wildman–Crippen LogP) is 3.82. The average molecular weight is 426 g/mol. The molecule has 0 spiro atoms. The van der Waals surface area contributed by atoms with Crippen LogP contribution in [-0.2, 0) is 16.7 Å². The van der Waals surface area contributed by atoms with Gasteiger partial charge in [0, 0.05) is 31.7 Å². The lowest BCUT2D eigenvalue weighted by atomic mass is 9.72. The summed E-state index contributed by atoms with van der Waals surface area (Å²) in [6, 6.07) is 14.6. The minimum atomic E-state index is 0.0448. The lowest BCUT2D eigenvalue weighted by molar-refractivity contribution is 0.0512. The summed E-state index contributed by atoms with van der Waals surface area (Å²) < 4.78 is 16.4. The molecule has 1 aliphatic rings. The lowest BCUT2D eigenvalue weighted by Gasteiger charge is -2.39. The molecule has 0 aromatic heterocycles. The molecule has 6 heteroatoms. The van der Waals surface area contributed by atoms with Gasteiger partial charge in [-0.3, -0.25) is 0 Å². The summed E-state index contributed by atoms with van der Waals surface area (Å²) in [6.45, 7) is 8.03. The maximum absolute atomic E-state index is 5.69. The third-order valence-electron chi connectivity index (χ3n) is 5.97. The van der Waals surface area contributed by atoms with Crippen LogP contribution in [0.4, 0.5) is 0 Å². The second kappa shape index (κ2) is 11.0. The molecule has 31 heavy (non-hydrogen) atoms. The minimum absolute atomic E-state index is 0.0448. The molecule has 2 aromatic rings. The van der Waals surface area contributed by atoms with Crippen LogP contribution in [0.5, 0.6) is 11.5 Å². The number of aryl methyl sites for hydroxylation is 1. The summed E-state index contributed by atoms with van der Waals surface area (Å²) in [5.41, 5.74) is 3.85. The molecular weight excluding hydrogens is 390 g/mol. The number of guanidine groups is 1. The van der Waals surface area contributed by atoms with E-state index >= 15 is 0 Å². The highest BCUT2D eigenvalue weighted by molar-refractivity contribution is 5.80. The van der Waals surface area contributed by atoms with Crippen molar-refractivity contribution >= 4 is 5.96 Å². The molecular formula is C25H35N3O3. The van der Waals surface area contributed by atoms with Crippen LogP contribution in [0, 0.1) is 6.92 Å². The number of aliphatic imine (C=N–C) groups is 1. The highest BCUT2D eigenvalue weighted by Crippen LogP contribution is 2.36. The van der Waals surface area contributed by atoms with Gasteiger partial charge in [-0.1, -0.05) is 30.3 Å². The topological polar surface area (TPSA) is 64.1 Å². The number of hydrogen-bond donors (Lipinski definition) is 2. The van der Waals surface area contributed by atoms with Gasteiger partial charge in [-0.25, -0.2) is 4.99 Å². The van der Waals surface area contributed by atoms with Crippen molar-refractivity contribution in [3.63, 3.8) is 0 Å². The monoisotopic (exact) mass is 425 g/mol. The predicted molar refractivity (Wildman–Crippen MR) is 125 cm³/mol. The summed E-state index contributed by atoms with van der Waals surface area (Å²) >= 11 is 0. The van der Waals surface area contributed by atoms with Crippen LogP contribution in [0.15, 0.2) is 47.5 Å². The van der Waals surface area contributed by atoms with Crippen molar-refractivity contribution in [2.24, 2.45) is 4.99 Å². The van der Waals surface area contributed by atoms with Crippen LogP contribution in [0.2, 0.25) is 0 Å². The summed E-state index contributed by atoms with van der Waals surface area (Å²) in [4.78, 5) is 4.81. The van der Waals surface area contributed by atoms with E-state index in [1.54, 1.807) is 14.2 Å². The van der Waals surface area contributed by atoms with E-state index < -0.39 is 0 Å². The Labute approximate surface area is 186 Å². The van der Waals surface area contributed by atoms with Gasteiger partial charge in [0.25, 0.3) is 0 Å². The Balaban J connectivity index is 1.76. The summed E-state index contributed by atoms with van der Waals surface area (Å²) in [5.74, 6) is 2.26. The molecule has 2 aromatic carbocycles. The summed E-state index contributed by atoms with van der Waals surface area (Å²) in [7, 11) is 3.29. The van der Waals surface area contributed by atoms with E-state index in [1.165, 1.54) is 11.1 Å². The van der Waals surface area contributed by atoms with E-state index in [1.807, 2.05) is 18.2 Å². The number of rotatable bonds is 8. The van der Waals surface area contributed by atoms with Crippen LogP contribution >= 0.6 is 0 Å². The van der Waals surface area contributed by atoms with Crippen molar-refractivity contribution in [1.82, 2.24) is 10.6 Å². The largest absolute Gasteiger partial charge is 0.493 e. The molecule has 0 unspecified atom stereocenters. The number of nitrogens with zero attached hydrogens (tertiary/aromatic N) is 1. The highest BCUT2D eigenvalue weighted by atomic mass is 16.5. The Morgan fingerprint density at radius 1 is 1.03 bits per heavy atom. The Morgan fingerprint density at radius 3 is 2.45 bits per heavy atom. The third-order valence-corrected chi connectivity index (χ3v) is 5.97. The normalized spacial score (nSPS) is 15.9. The van der Waals surface area contributed by atoms with Gasteiger partial charge in [0.1, 0.15) is 0 Å². The minimum Gasteiger partial charge on any atom is -0.493 e. The highest BCUT2D eigenvalue weighted by Gasteiger charge is 2.35. The molecule has 168 valence electrons. The molecule has 0 saturated carbocycles. The van der Waals surface area contributed by atoms with Gasteiger partial charge in [0.15, 0.2) is 17.5 Å². The van der Waals surface area contributed by atoms with Crippen molar-refractivity contribution in [2.75, 3.05) is 40.5 Å².